The molecule has 1 saturated carbocycles. The zero-order valence-corrected chi connectivity index (χ0v) is 10.4. The van der Waals surface area contributed by atoms with Crippen LogP contribution in [0.5, 0.6) is 0 Å². The minimum Gasteiger partial charge on any atom is -0.355 e. The number of nitrogens with one attached hydrogen (secondary N) is 1. The summed E-state index contributed by atoms with van der Waals surface area (Å²) in [4.78, 5) is 14.3. The lowest BCUT2D eigenvalue weighted by atomic mass is 9.97. The molecule has 1 saturated heterocycles. The number of carbonyl (C=O) groups is 1. The Kier molecular flexibility index (Phi) is 4.22. The first kappa shape index (κ1) is 11.9. The molecule has 2 rings (SSSR count). The van der Waals surface area contributed by atoms with Gasteiger partial charge in [-0.2, -0.15) is 0 Å². The van der Waals surface area contributed by atoms with Crippen molar-refractivity contribution in [3.8, 4) is 0 Å². The fraction of sp³-hybridized carbons (Fsp3) is 0.923. The van der Waals surface area contributed by atoms with E-state index in [1.807, 2.05) is 0 Å². The van der Waals surface area contributed by atoms with Crippen LogP contribution in [0, 0.1) is 11.8 Å². The average molecular weight is 224 g/mol. The molecule has 2 fully saturated rings. The molecule has 3 heteroatoms. The summed E-state index contributed by atoms with van der Waals surface area (Å²) in [5.41, 5.74) is 0. The number of carbonyl (C=O) groups excluding carboxylic acids is 1. The molecule has 2 atom stereocenters. The van der Waals surface area contributed by atoms with Crippen LogP contribution in [0.4, 0.5) is 0 Å². The molecule has 0 bridgehead atoms. The maximum Gasteiger partial charge on any atom is 0.223 e. The number of likely N-dealkylation sites (tertiary alicyclic amines) is 1. The molecule has 3 nitrogen and oxygen atoms in total. The van der Waals surface area contributed by atoms with Crippen molar-refractivity contribution >= 4 is 5.91 Å². The fourth-order valence-electron chi connectivity index (χ4n) is 3.01. The minimum absolute atomic E-state index is 0.290. The van der Waals surface area contributed by atoms with E-state index in [1.165, 1.54) is 38.8 Å². The molecule has 1 aliphatic carbocycles. The normalized spacial score (nSPS) is 30.8. The largest absolute Gasteiger partial charge is 0.355 e. The quantitative estimate of drug-likeness (QED) is 0.787. The number of rotatable bonds is 4. The molecule has 2 aliphatic rings. The van der Waals surface area contributed by atoms with Crippen LogP contribution in [-0.4, -0.2) is 37.0 Å². The van der Waals surface area contributed by atoms with E-state index < -0.39 is 0 Å². The van der Waals surface area contributed by atoms with Gasteiger partial charge in [-0.3, -0.25) is 4.79 Å². The summed E-state index contributed by atoms with van der Waals surface area (Å²) < 4.78 is 0. The van der Waals surface area contributed by atoms with Gasteiger partial charge >= 0.3 is 0 Å². The van der Waals surface area contributed by atoms with E-state index in [9.17, 15) is 4.79 Å². The van der Waals surface area contributed by atoms with Gasteiger partial charge in [0.25, 0.3) is 0 Å². The van der Waals surface area contributed by atoms with E-state index in [4.69, 9.17) is 0 Å². The number of hydrogen-bond donors (Lipinski definition) is 1. The molecule has 16 heavy (non-hydrogen) atoms. The first-order valence-electron chi connectivity index (χ1n) is 6.77. The minimum atomic E-state index is 0.290. The molecule has 0 radical (unpaired) electrons. The molecular weight excluding hydrogens is 200 g/mol. The SMILES string of the molecule is CC1CCCC1C(=O)NCCN1CCCC1. The van der Waals surface area contributed by atoms with Crippen molar-refractivity contribution < 1.29 is 4.79 Å². The summed E-state index contributed by atoms with van der Waals surface area (Å²) >= 11 is 0. The van der Waals surface area contributed by atoms with Crippen LogP contribution in [0.15, 0.2) is 0 Å². The lowest BCUT2D eigenvalue weighted by Gasteiger charge is -2.18. The summed E-state index contributed by atoms with van der Waals surface area (Å²) in [7, 11) is 0. The molecule has 1 heterocycles. The highest BCUT2D eigenvalue weighted by atomic mass is 16.1. The van der Waals surface area contributed by atoms with Crippen LogP contribution in [0.3, 0.4) is 0 Å². The van der Waals surface area contributed by atoms with Crippen LogP contribution >= 0.6 is 0 Å². The number of amides is 1. The van der Waals surface area contributed by atoms with Gasteiger partial charge in [0.2, 0.25) is 5.91 Å². The third kappa shape index (κ3) is 2.97. The second-order valence-electron chi connectivity index (χ2n) is 5.35. The topological polar surface area (TPSA) is 32.3 Å². The van der Waals surface area contributed by atoms with Gasteiger partial charge < -0.3 is 10.2 Å². The molecule has 1 aliphatic heterocycles. The molecule has 1 N–H and O–H groups in total. The highest BCUT2D eigenvalue weighted by Crippen LogP contribution is 2.30. The Morgan fingerprint density at radius 3 is 2.62 bits per heavy atom. The first-order chi connectivity index (χ1) is 7.77. The van der Waals surface area contributed by atoms with Crippen LogP contribution in [-0.2, 0) is 4.79 Å². The molecule has 1 amide bonds. The lowest BCUT2D eigenvalue weighted by Crippen LogP contribution is -2.37. The van der Waals surface area contributed by atoms with E-state index >= 15 is 0 Å². The summed E-state index contributed by atoms with van der Waals surface area (Å²) in [5, 5.41) is 3.10. The maximum absolute atomic E-state index is 11.9. The van der Waals surface area contributed by atoms with Gasteiger partial charge in [-0.15, -0.1) is 0 Å². The van der Waals surface area contributed by atoms with Gasteiger partial charge in [0.15, 0.2) is 0 Å². The molecule has 0 aromatic carbocycles. The predicted molar refractivity (Wildman–Crippen MR) is 65.2 cm³/mol. The zero-order chi connectivity index (χ0) is 11.4. The third-order valence-electron chi connectivity index (χ3n) is 4.12. The predicted octanol–water partition coefficient (Wildman–Crippen LogP) is 1.63. The van der Waals surface area contributed by atoms with Gasteiger partial charge in [-0.05, 0) is 44.7 Å². The monoisotopic (exact) mass is 224 g/mol. The average Bonchev–Trinajstić information content (AvgIpc) is 2.88. The summed E-state index contributed by atoms with van der Waals surface area (Å²) in [6, 6.07) is 0. The second kappa shape index (κ2) is 5.67. The Balaban J connectivity index is 1.63. The van der Waals surface area contributed by atoms with Crippen LogP contribution in [0.2, 0.25) is 0 Å². The Labute approximate surface area is 98.6 Å². The van der Waals surface area contributed by atoms with E-state index in [0.717, 1.165) is 19.5 Å². The molecule has 0 spiro atoms. The molecule has 0 aromatic rings. The number of nitrogens with zero attached hydrogens (tertiary/aromatic N) is 1. The van der Waals surface area contributed by atoms with Gasteiger partial charge in [0, 0.05) is 19.0 Å². The van der Waals surface area contributed by atoms with Crippen molar-refractivity contribution in [2.24, 2.45) is 11.8 Å². The summed E-state index contributed by atoms with van der Waals surface area (Å²) in [5.74, 6) is 1.18. The Morgan fingerprint density at radius 1 is 1.25 bits per heavy atom. The highest BCUT2D eigenvalue weighted by molar-refractivity contribution is 5.79. The van der Waals surface area contributed by atoms with E-state index in [0.29, 0.717) is 17.7 Å². The number of hydrogen-bond acceptors (Lipinski definition) is 2. The first-order valence-corrected chi connectivity index (χ1v) is 6.77. The molecular formula is C13H24N2O. The molecule has 0 aromatic heterocycles. The van der Waals surface area contributed by atoms with Crippen molar-refractivity contribution in [3.63, 3.8) is 0 Å². The van der Waals surface area contributed by atoms with Crippen molar-refractivity contribution in [1.29, 1.82) is 0 Å². The maximum atomic E-state index is 11.9. The van der Waals surface area contributed by atoms with E-state index in [1.54, 1.807) is 0 Å². The molecule has 2 unspecified atom stereocenters. The van der Waals surface area contributed by atoms with E-state index in [-0.39, 0.29) is 0 Å². The Bertz CT molecular complexity index is 236. The third-order valence-corrected chi connectivity index (χ3v) is 4.12. The van der Waals surface area contributed by atoms with Crippen LogP contribution in [0.1, 0.15) is 39.0 Å². The zero-order valence-electron chi connectivity index (χ0n) is 10.4. The standard InChI is InChI=1S/C13H24N2O/c1-11-5-4-6-12(11)13(16)14-7-10-15-8-2-3-9-15/h11-12H,2-10H2,1H3,(H,14,16). The van der Waals surface area contributed by atoms with Crippen LogP contribution in [0.25, 0.3) is 0 Å². The van der Waals surface area contributed by atoms with Gasteiger partial charge in [0.1, 0.15) is 0 Å². The molecule has 92 valence electrons. The Morgan fingerprint density at radius 2 is 2.00 bits per heavy atom. The smallest absolute Gasteiger partial charge is 0.223 e. The van der Waals surface area contributed by atoms with Gasteiger partial charge in [-0.1, -0.05) is 13.3 Å². The van der Waals surface area contributed by atoms with Gasteiger partial charge in [-0.25, -0.2) is 0 Å². The Hall–Kier alpha value is -0.570. The van der Waals surface area contributed by atoms with Crippen molar-refractivity contribution in [1.82, 2.24) is 10.2 Å². The van der Waals surface area contributed by atoms with E-state index in [2.05, 4.69) is 17.1 Å². The van der Waals surface area contributed by atoms with Gasteiger partial charge in [0.05, 0.1) is 0 Å². The highest BCUT2D eigenvalue weighted by Gasteiger charge is 2.29. The second-order valence-corrected chi connectivity index (χ2v) is 5.35. The van der Waals surface area contributed by atoms with Crippen molar-refractivity contribution in [3.05, 3.63) is 0 Å². The van der Waals surface area contributed by atoms with Crippen molar-refractivity contribution in [2.45, 2.75) is 39.0 Å². The van der Waals surface area contributed by atoms with Crippen LogP contribution < -0.4 is 5.32 Å². The summed E-state index contributed by atoms with van der Waals surface area (Å²) in [6.45, 7) is 6.51. The lowest BCUT2D eigenvalue weighted by molar-refractivity contribution is -0.125. The van der Waals surface area contributed by atoms with Crippen molar-refractivity contribution in [2.75, 3.05) is 26.2 Å². The fourth-order valence-corrected chi connectivity index (χ4v) is 3.01. The summed E-state index contributed by atoms with van der Waals surface area (Å²) in [6.07, 6.45) is 6.20.